The summed E-state index contributed by atoms with van der Waals surface area (Å²) in [6, 6.07) is 13.8. The summed E-state index contributed by atoms with van der Waals surface area (Å²) in [5.41, 5.74) is 3.62. The molecule has 0 spiro atoms. The smallest absolute Gasteiger partial charge is 0.870 e. The van der Waals surface area contributed by atoms with Gasteiger partial charge in [0.05, 0.1) is 48.7 Å². The summed E-state index contributed by atoms with van der Waals surface area (Å²) in [6.07, 6.45) is 1.92. The van der Waals surface area contributed by atoms with Crippen LogP contribution in [0, 0.1) is 5.82 Å². The van der Waals surface area contributed by atoms with Crippen molar-refractivity contribution in [2.45, 2.75) is 6.54 Å². The second-order valence-electron chi connectivity index (χ2n) is 9.83. The number of morpholine rings is 1. The maximum atomic E-state index is 15.6. The first-order valence-corrected chi connectivity index (χ1v) is 13.3. The van der Waals surface area contributed by atoms with Crippen LogP contribution in [0.3, 0.4) is 0 Å². The average molecular weight is 606 g/mol. The third-order valence-electron chi connectivity index (χ3n) is 7.45. The molecule has 43 heavy (non-hydrogen) atoms. The van der Waals surface area contributed by atoms with Crippen molar-refractivity contribution in [3.63, 3.8) is 0 Å². The summed E-state index contributed by atoms with van der Waals surface area (Å²) in [7, 11) is 3.19. The van der Waals surface area contributed by atoms with E-state index in [-0.39, 0.29) is 54.6 Å². The fraction of sp³-hybridized carbons (Fsp3) is 0.267. The number of aromatic nitrogens is 1. The van der Waals surface area contributed by atoms with Crippen LogP contribution in [-0.4, -0.2) is 72.4 Å². The predicted molar refractivity (Wildman–Crippen MR) is 155 cm³/mol. The van der Waals surface area contributed by atoms with Gasteiger partial charge in [0.25, 0.3) is 5.91 Å². The number of anilines is 1. The zero-order chi connectivity index (χ0) is 28.0. The number of benzene rings is 3. The maximum absolute atomic E-state index is 15.6. The Morgan fingerprint density at radius 3 is 2.49 bits per heavy atom. The largest absolute Gasteiger partial charge is 1.00 e. The van der Waals surface area contributed by atoms with Crippen molar-refractivity contribution in [2.24, 2.45) is 7.05 Å². The molecule has 3 heterocycles. The molecule has 6 rings (SSSR count). The third kappa shape index (κ3) is 6.24. The van der Waals surface area contributed by atoms with E-state index in [1.807, 2.05) is 34.8 Å². The maximum Gasteiger partial charge on any atom is 1.00 e. The molecule has 13 heteroatoms. The average Bonchev–Trinajstić information content (AvgIpc) is 3.34. The van der Waals surface area contributed by atoms with E-state index in [2.05, 4.69) is 0 Å². The van der Waals surface area contributed by atoms with E-state index in [4.69, 9.17) is 25.8 Å². The number of rotatable bonds is 4. The van der Waals surface area contributed by atoms with E-state index >= 15 is 4.39 Å². The molecule has 4 aromatic rings. The van der Waals surface area contributed by atoms with Crippen LogP contribution < -0.4 is 28.5 Å². The van der Waals surface area contributed by atoms with Crippen LogP contribution in [0.15, 0.2) is 54.7 Å². The molecule has 1 aromatic heterocycles. The number of nitrogens with zero attached hydrogens (tertiary/aromatic N) is 3. The molecule has 0 aliphatic carbocycles. The van der Waals surface area contributed by atoms with Crippen LogP contribution in [0.4, 0.5) is 10.1 Å². The van der Waals surface area contributed by atoms with E-state index in [1.54, 1.807) is 35.2 Å². The number of carbonyl (C=O) groups excluding carboxylic acids is 2. The second kappa shape index (κ2) is 13.8. The fourth-order valence-electron chi connectivity index (χ4n) is 5.35. The van der Waals surface area contributed by atoms with Crippen LogP contribution in [-0.2, 0) is 23.1 Å². The third-order valence-corrected chi connectivity index (χ3v) is 7.76. The van der Waals surface area contributed by atoms with Gasteiger partial charge in [-0.15, -0.1) is 0 Å². The number of hydrogen-bond donors (Lipinski definition) is 0. The van der Waals surface area contributed by atoms with Crippen molar-refractivity contribution >= 4 is 40.1 Å². The summed E-state index contributed by atoms with van der Waals surface area (Å²) < 4.78 is 34.0. The van der Waals surface area contributed by atoms with E-state index < -0.39 is 11.8 Å². The van der Waals surface area contributed by atoms with Crippen molar-refractivity contribution in [3.8, 4) is 16.9 Å². The van der Waals surface area contributed by atoms with Crippen LogP contribution >= 0.6 is 11.6 Å². The summed E-state index contributed by atoms with van der Waals surface area (Å²) in [4.78, 5) is 29.5. The number of methoxy groups -OCH3 is 1. The van der Waals surface area contributed by atoms with Gasteiger partial charge in [-0.25, -0.2) is 9.18 Å². The molecule has 0 radical (unpaired) electrons. The zero-order valence-electron chi connectivity index (χ0n) is 24.0. The Bertz CT molecular complexity index is 1660. The molecule has 10 nitrogen and oxygen atoms in total. The van der Waals surface area contributed by atoms with Gasteiger partial charge in [0, 0.05) is 53.9 Å². The van der Waals surface area contributed by atoms with Gasteiger partial charge in [-0.2, -0.15) is 0 Å². The van der Waals surface area contributed by atoms with Crippen LogP contribution in [0.5, 0.6) is 5.75 Å². The SMILES string of the molecule is COC(=O)c1cc(F)c(-c2cccc3c2OCN(C(=O)c2cc4ccn(C)c4cc2Cl)C3)cc1N1CCOCC1.O.[Li+].[OH-]. The molecule has 3 aromatic carbocycles. The number of ether oxygens (including phenoxy) is 3. The van der Waals surface area contributed by atoms with Crippen molar-refractivity contribution in [3.05, 3.63) is 82.3 Å². The monoisotopic (exact) mass is 605 g/mol. The molecule has 0 atom stereocenters. The standard InChI is InChI=1S/C30H27ClFN3O5.Li.2H2O/c1-33-7-6-18-12-22(24(31)15-26(18)33)29(36)35-16-19-4-3-5-20(28(19)40-17-35)21-14-27(34-8-10-39-11-9-34)23(13-25(21)32)30(37)38-2;;;/h3-7,12-15H,8-11,16-17H2,1-2H3;;2*1H2/q;+1;;/p-1. The Labute approximate surface area is 264 Å². The Balaban J connectivity index is 0.00000169. The van der Waals surface area contributed by atoms with Gasteiger partial charge in [0.2, 0.25) is 0 Å². The molecule has 0 saturated carbocycles. The second-order valence-corrected chi connectivity index (χ2v) is 10.2. The van der Waals surface area contributed by atoms with E-state index in [1.165, 1.54) is 13.2 Å². The molecule has 0 bridgehead atoms. The zero-order valence-corrected chi connectivity index (χ0v) is 24.8. The molecule has 2 aliphatic heterocycles. The number of amides is 1. The van der Waals surface area contributed by atoms with Crippen LogP contribution in [0.2, 0.25) is 5.02 Å². The Hall–Kier alpha value is -3.56. The summed E-state index contributed by atoms with van der Waals surface area (Å²) in [5.74, 6) is -0.945. The van der Waals surface area contributed by atoms with Crippen LogP contribution in [0.1, 0.15) is 26.3 Å². The fourth-order valence-corrected chi connectivity index (χ4v) is 5.59. The first-order chi connectivity index (χ1) is 19.4. The summed E-state index contributed by atoms with van der Waals surface area (Å²) in [6.45, 7) is 2.37. The topological polar surface area (TPSA) is 135 Å². The minimum Gasteiger partial charge on any atom is -0.870 e. The molecule has 1 amide bonds. The first-order valence-electron chi connectivity index (χ1n) is 12.9. The first kappa shape index (κ1) is 33.9. The number of para-hydroxylation sites is 1. The predicted octanol–water partition coefficient (Wildman–Crippen LogP) is 1.26. The quantitative estimate of drug-likeness (QED) is 0.252. The number of hydrogen-bond acceptors (Lipinski definition) is 7. The Morgan fingerprint density at radius 2 is 1.77 bits per heavy atom. The number of esters is 1. The van der Waals surface area contributed by atoms with Crippen molar-refractivity contribution in [1.29, 1.82) is 0 Å². The number of fused-ring (bicyclic) bond motifs is 2. The van der Waals surface area contributed by atoms with Gasteiger partial charge in [-0.1, -0.05) is 29.8 Å². The molecular weight excluding hydrogens is 576 g/mol. The Kier molecular flexibility index (Phi) is 10.9. The molecule has 3 N–H and O–H groups in total. The van der Waals surface area contributed by atoms with Crippen LogP contribution in [0.25, 0.3) is 22.0 Å². The molecule has 2 aliphatic rings. The Morgan fingerprint density at radius 1 is 1.02 bits per heavy atom. The van der Waals surface area contributed by atoms with Gasteiger partial charge in [-0.05, 0) is 30.3 Å². The number of aryl methyl sites for hydroxylation is 1. The van der Waals surface area contributed by atoms with E-state index in [0.29, 0.717) is 59.5 Å². The normalized spacial score (nSPS) is 14.0. The molecular formula is C30H30ClFLiN3O7. The van der Waals surface area contributed by atoms with Crippen molar-refractivity contribution in [1.82, 2.24) is 9.47 Å². The van der Waals surface area contributed by atoms with Gasteiger partial charge in [0.15, 0.2) is 6.73 Å². The molecule has 222 valence electrons. The molecule has 1 saturated heterocycles. The molecule has 0 unspecified atom stereocenters. The minimum absolute atomic E-state index is 0. The van der Waals surface area contributed by atoms with E-state index in [0.717, 1.165) is 16.5 Å². The minimum atomic E-state index is -0.611. The van der Waals surface area contributed by atoms with E-state index in [9.17, 15) is 9.59 Å². The van der Waals surface area contributed by atoms with Gasteiger partial charge in [-0.3, -0.25) is 4.79 Å². The van der Waals surface area contributed by atoms with Gasteiger partial charge in [0.1, 0.15) is 11.6 Å². The van der Waals surface area contributed by atoms with Gasteiger partial charge < -0.3 is 39.5 Å². The summed E-state index contributed by atoms with van der Waals surface area (Å²) in [5, 5.41) is 1.28. The van der Waals surface area contributed by atoms with Gasteiger partial charge >= 0.3 is 24.8 Å². The summed E-state index contributed by atoms with van der Waals surface area (Å²) >= 11 is 6.51. The molecule has 1 fully saturated rings. The van der Waals surface area contributed by atoms with Crippen molar-refractivity contribution in [2.75, 3.05) is 45.0 Å². The number of halogens is 2. The number of carbonyl (C=O) groups is 2. The van der Waals surface area contributed by atoms with Crippen molar-refractivity contribution < 1.29 is 58.0 Å².